The summed E-state index contributed by atoms with van der Waals surface area (Å²) in [5.41, 5.74) is 3.97. The van der Waals surface area contributed by atoms with E-state index < -0.39 is 0 Å². The van der Waals surface area contributed by atoms with Gasteiger partial charge in [-0.05, 0) is 55.5 Å². The molecule has 5 nitrogen and oxygen atoms in total. The second-order valence-corrected chi connectivity index (χ2v) is 9.84. The lowest BCUT2D eigenvalue weighted by Crippen LogP contribution is -2.43. The summed E-state index contributed by atoms with van der Waals surface area (Å²) < 4.78 is 11.0. The molecule has 0 spiro atoms. The molecule has 32 heavy (non-hydrogen) atoms. The van der Waals surface area contributed by atoms with Crippen LogP contribution in [0.3, 0.4) is 0 Å². The quantitative estimate of drug-likeness (QED) is 0.623. The molecule has 0 bridgehead atoms. The Hall–Kier alpha value is -2.53. The third-order valence-corrected chi connectivity index (χ3v) is 6.78. The summed E-state index contributed by atoms with van der Waals surface area (Å²) >= 11 is 0. The number of amides is 1. The van der Waals surface area contributed by atoms with Gasteiger partial charge in [0.1, 0.15) is 0 Å². The Morgan fingerprint density at radius 1 is 1.06 bits per heavy atom. The maximum Gasteiger partial charge on any atom is 0.231 e. The van der Waals surface area contributed by atoms with E-state index in [-0.39, 0.29) is 17.9 Å². The molecule has 2 atom stereocenters. The van der Waals surface area contributed by atoms with Crippen molar-refractivity contribution in [3.8, 4) is 11.5 Å². The Morgan fingerprint density at radius 3 is 2.53 bits per heavy atom. The normalized spacial score (nSPS) is 20.3. The van der Waals surface area contributed by atoms with Crippen molar-refractivity contribution < 1.29 is 14.3 Å². The number of hydrogen-bond donors (Lipinski definition) is 0. The van der Waals surface area contributed by atoms with Gasteiger partial charge in [0.15, 0.2) is 11.5 Å². The molecule has 2 aromatic rings. The molecule has 2 unspecified atom stereocenters. The van der Waals surface area contributed by atoms with Gasteiger partial charge in [0.25, 0.3) is 0 Å². The molecular formula is C27H36N2O3. The molecule has 172 valence electrons. The van der Waals surface area contributed by atoms with Crippen molar-refractivity contribution in [3.63, 3.8) is 0 Å². The predicted octanol–water partition coefficient (Wildman–Crippen LogP) is 4.83. The van der Waals surface area contributed by atoms with E-state index in [1.54, 1.807) is 0 Å². The zero-order valence-electron chi connectivity index (χ0n) is 20.0. The van der Waals surface area contributed by atoms with Crippen molar-refractivity contribution in [1.29, 1.82) is 0 Å². The summed E-state index contributed by atoms with van der Waals surface area (Å²) in [6.45, 7) is 14.4. The van der Waals surface area contributed by atoms with Gasteiger partial charge in [-0.1, -0.05) is 44.2 Å². The van der Waals surface area contributed by atoms with Crippen LogP contribution in [0.15, 0.2) is 42.5 Å². The average molecular weight is 437 g/mol. The summed E-state index contributed by atoms with van der Waals surface area (Å²) in [7, 11) is 0. The summed E-state index contributed by atoms with van der Waals surface area (Å²) in [6, 6.07) is 15.1. The summed E-state index contributed by atoms with van der Waals surface area (Å²) in [6.07, 6.45) is 0. The molecule has 0 aromatic heterocycles. The van der Waals surface area contributed by atoms with Crippen LogP contribution in [0.5, 0.6) is 11.5 Å². The molecule has 1 amide bonds. The van der Waals surface area contributed by atoms with Crippen molar-refractivity contribution in [2.24, 2.45) is 11.8 Å². The van der Waals surface area contributed by atoms with Gasteiger partial charge in [-0.15, -0.1) is 0 Å². The number of aryl methyl sites for hydroxylation is 1. The molecule has 2 aliphatic rings. The largest absolute Gasteiger partial charge is 0.454 e. The van der Waals surface area contributed by atoms with Crippen LogP contribution in [-0.2, 0) is 11.3 Å². The molecule has 0 radical (unpaired) electrons. The molecule has 4 rings (SSSR count). The lowest BCUT2D eigenvalue weighted by molar-refractivity contribution is -0.136. The van der Waals surface area contributed by atoms with Gasteiger partial charge in [-0.3, -0.25) is 9.69 Å². The number of likely N-dealkylation sites (tertiary alicyclic amines) is 1. The van der Waals surface area contributed by atoms with E-state index in [2.05, 4.69) is 67.0 Å². The first-order valence-electron chi connectivity index (χ1n) is 11.8. The van der Waals surface area contributed by atoms with Gasteiger partial charge in [-0.2, -0.15) is 0 Å². The maximum atomic E-state index is 12.9. The van der Waals surface area contributed by atoms with Gasteiger partial charge < -0.3 is 14.4 Å². The third-order valence-electron chi connectivity index (χ3n) is 6.78. The molecule has 2 aliphatic heterocycles. The van der Waals surface area contributed by atoms with E-state index in [1.165, 1.54) is 16.7 Å². The molecule has 2 aromatic carbocycles. The zero-order chi connectivity index (χ0) is 22.8. The third kappa shape index (κ3) is 4.78. The smallest absolute Gasteiger partial charge is 0.231 e. The van der Waals surface area contributed by atoms with Crippen LogP contribution in [0, 0.1) is 18.8 Å². The first kappa shape index (κ1) is 22.7. The molecule has 0 saturated carbocycles. The van der Waals surface area contributed by atoms with Crippen molar-refractivity contribution in [1.82, 2.24) is 9.80 Å². The van der Waals surface area contributed by atoms with E-state index in [9.17, 15) is 4.79 Å². The molecular weight excluding hydrogens is 400 g/mol. The lowest BCUT2D eigenvalue weighted by Gasteiger charge is -2.33. The van der Waals surface area contributed by atoms with Gasteiger partial charge in [0.2, 0.25) is 12.7 Å². The highest BCUT2D eigenvalue weighted by molar-refractivity contribution is 5.78. The highest BCUT2D eigenvalue weighted by atomic mass is 16.7. The lowest BCUT2D eigenvalue weighted by atomic mass is 9.86. The first-order chi connectivity index (χ1) is 15.3. The number of rotatable bonds is 7. The maximum absolute atomic E-state index is 12.9. The highest BCUT2D eigenvalue weighted by Gasteiger charge is 2.37. The van der Waals surface area contributed by atoms with Crippen molar-refractivity contribution in [2.45, 2.75) is 53.1 Å². The molecule has 2 heterocycles. The van der Waals surface area contributed by atoms with Crippen LogP contribution < -0.4 is 9.47 Å². The van der Waals surface area contributed by atoms with Crippen LogP contribution in [0.25, 0.3) is 0 Å². The number of fused-ring (bicyclic) bond motifs is 1. The van der Waals surface area contributed by atoms with Gasteiger partial charge in [0, 0.05) is 44.1 Å². The minimum absolute atomic E-state index is 0.0143. The van der Waals surface area contributed by atoms with Crippen LogP contribution in [0.2, 0.25) is 0 Å². The second-order valence-electron chi connectivity index (χ2n) is 9.84. The Morgan fingerprint density at radius 2 is 1.81 bits per heavy atom. The predicted molar refractivity (Wildman–Crippen MR) is 127 cm³/mol. The SMILES string of the molecule is Cc1ccccc1C1CN(Cc2ccc3c(c2)OCO3)CC1CN(C(=O)C(C)C)C(C)C. The monoisotopic (exact) mass is 436 g/mol. The van der Waals surface area contributed by atoms with Crippen LogP contribution >= 0.6 is 0 Å². The fourth-order valence-corrected chi connectivity index (χ4v) is 5.07. The van der Waals surface area contributed by atoms with Gasteiger partial charge in [0.05, 0.1) is 0 Å². The standard InChI is InChI=1S/C27H36N2O3/c1-18(2)27(30)29(19(3)4)15-22-14-28(16-24(22)23-9-7-6-8-20(23)5)13-21-10-11-25-26(12-21)32-17-31-25/h6-12,18-19,22,24H,13-17H2,1-5H3. The Balaban J connectivity index is 1.56. The zero-order valence-corrected chi connectivity index (χ0v) is 20.0. The molecule has 0 N–H and O–H groups in total. The van der Waals surface area contributed by atoms with E-state index in [0.717, 1.165) is 37.7 Å². The second kappa shape index (κ2) is 9.53. The van der Waals surface area contributed by atoms with Gasteiger partial charge in [-0.25, -0.2) is 0 Å². The molecule has 5 heteroatoms. The number of hydrogen-bond acceptors (Lipinski definition) is 4. The van der Waals surface area contributed by atoms with Crippen molar-refractivity contribution in [3.05, 3.63) is 59.2 Å². The minimum Gasteiger partial charge on any atom is -0.454 e. The van der Waals surface area contributed by atoms with Crippen molar-refractivity contribution in [2.75, 3.05) is 26.4 Å². The Bertz CT molecular complexity index is 956. The van der Waals surface area contributed by atoms with Crippen LogP contribution in [0.1, 0.15) is 50.3 Å². The fraction of sp³-hybridized carbons (Fsp3) is 0.519. The minimum atomic E-state index is 0.0143. The number of carbonyl (C=O) groups is 1. The topological polar surface area (TPSA) is 42.0 Å². The van der Waals surface area contributed by atoms with Crippen LogP contribution in [0.4, 0.5) is 0 Å². The van der Waals surface area contributed by atoms with Crippen LogP contribution in [-0.4, -0.2) is 48.2 Å². The summed E-state index contributed by atoms with van der Waals surface area (Å²) in [4.78, 5) is 17.6. The Labute approximate surface area is 192 Å². The average Bonchev–Trinajstić information content (AvgIpc) is 3.38. The van der Waals surface area contributed by atoms with Crippen molar-refractivity contribution >= 4 is 5.91 Å². The van der Waals surface area contributed by atoms with Gasteiger partial charge >= 0.3 is 0 Å². The van der Waals surface area contributed by atoms with E-state index in [1.807, 2.05) is 19.9 Å². The Kier molecular flexibility index (Phi) is 6.75. The molecule has 1 fully saturated rings. The molecule has 1 saturated heterocycles. The number of carbonyl (C=O) groups excluding carboxylic acids is 1. The van der Waals surface area contributed by atoms with E-state index >= 15 is 0 Å². The fourth-order valence-electron chi connectivity index (χ4n) is 5.07. The summed E-state index contributed by atoms with van der Waals surface area (Å²) in [5.74, 6) is 2.73. The van der Waals surface area contributed by atoms with E-state index in [0.29, 0.717) is 18.6 Å². The summed E-state index contributed by atoms with van der Waals surface area (Å²) in [5, 5.41) is 0. The number of benzene rings is 2. The van der Waals surface area contributed by atoms with E-state index in [4.69, 9.17) is 9.47 Å². The number of nitrogens with zero attached hydrogens (tertiary/aromatic N) is 2. The highest BCUT2D eigenvalue weighted by Crippen LogP contribution is 2.37. The molecule has 0 aliphatic carbocycles. The number of ether oxygens (including phenoxy) is 2. The first-order valence-corrected chi connectivity index (χ1v) is 11.8.